The van der Waals surface area contributed by atoms with Crippen molar-refractivity contribution in [2.45, 2.75) is 4.90 Å². The van der Waals surface area contributed by atoms with E-state index in [0.717, 1.165) is 6.54 Å². The highest BCUT2D eigenvalue weighted by Crippen LogP contribution is 2.21. The van der Waals surface area contributed by atoms with Crippen LogP contribution >= 0.6 is 11.6 Å². The number of halogens is 1. The normalized spacial score (nSPS) is 11.6. The van der Waals surface area contributed by atoms with Crippen LogP contribution in [0, 0.1) is 0 Å². The van der Waals surface area contributed by atoms with Gasteiger partial charge in [0.15, 0.2) is 0 Å². The predicted octanol–water partition coefficient (Wildman–Crippen LogP) is 0.807. The summed E-state index contributed by atoms with van der Waals surface area (Å²) in [7, 11) is 6.94. The Kier molecular flexibility index (Phi) is 10.2. The van der Waals surface area contributed by atoms with Crippen LogP contribution in [0.4, 0.5) is 0 Å². The van der Waals surface area contributed by atoms with Gasteiger partial charge in [-0.05, 0) is 43.4 Å². The molecule has 7 nitrogen and oxygen atoms in total. The van der Waals surface area contributed by atoms with E-state index >= 15 is 0 Å². The van der Waals surface area contributed by atoms with Crippen molar-refractivity contribution in [2.24, 2.45) is 0 Å². The zero-order valence-electron chi connectivity index (χ0n) is 13.0. The van der Waals surface area contributed by atoms with Crippen LogP contribution in [0.25, 0.3) is 0 Å². The molecular weight excluding hydrogens is 330 g/mol. The molecule has 0 aliphatic carbocycles. The Balaban J connectivity index is 0.00000135. The fourth-order valence-electron chi connectivity index (χ4n) is 1.44. The third-order valence-electron chi connectivity index (χ3n) is 2.59. The molecule has 9 heteroatoms. The van der Waals surface area contributed by atoms with Crippen LogP contribution in [0.2, 0.25) is 5.02 Å². The van der Waals surface area contributed by atoms with Gasteiger partial charge in [0.2, 0.25) is 0 Å². The van der Waals surface area contributed by atoms with Gasteiger partial charge < -0.3 is 19.6 Å². The van der Waals surface area contributed by atoms with Gasteiger partial charge in [-0.3, -0.25) is 9.00 Å². The van der Waals surface area contributed by atoms with Crippen molar-refractivity contribution in [1.82, 2.24) is 15.3 Å². The molecule has 1 amide bonds. The molecular formula is C13H21ClN3O4S-. The summed E-state index contributed by atoms with van der Waals surface area (Å²) in [6, 6.07) is 4.23. The van der Waals surface area contributed by atoms with E-state index in [4.69, 9.17) is 16.8 Å². The number of nitrogens with one attached hydrogen (secondary N) is 1. The monoisotopic (exact) mass is 350 g/mol. The maximum atomic E-state index is 12.1. The van der Waals surface area contributed by atoms with Crippen LogP contribution in [0.15, 0.2) is 23.1 Å². The minimum absolute atomic E-state index is 0.0615. The van der Waals surface area contributed by atoms with Gasteiger partial charge in [-0.25, -0.2) is 5.48 Å². The second-order valence-corrected chi connectivity index (χ2v) is 5.95. The van der Waals surface area contributed by atoms with E-state index < -0.39 is 11.1 Å². The van der Waals surface area contributed by atoms with Crippen LogP contribution in [-0.4, -0.2) is 71.0 Å². The molecule has 0 aromatic heterocycles. The Morgan fingerprint density at radius 3 is 2.36 bits per heavy atom. The molecule has 0 heterocycles. The topological polar surface area (TPSA) is 95.9 Å². The predicted molar refractivity (Wildman–Crippen MR) is 85.0 cm³/mol. The minimum Gasteiger partial charge on any atom is -0.768 e. The van der Waals surface area contributed by atoms with Crippen LogP contribution in [0.3, 0.4) is 0 Å². The Morgan fingerprint density at radius 2 is 1.91 bits per heavy atom. The summed E-state index contributed by atoms with van der Waals surface area (Å²) < 4.78 is 21.9. The molecule has 0 aliphatic heterocycles. The molecule has 0 saturated heterocycles. The van der Waals surface area contributed by atoms with Crippen molar-refractivity contribution in [3.63, 3.8) is 0 Å². The number of nitrogens with zero attached hydrogens (tertiary/aromatic N) is 2. The first kappa shape index (κ1) is 21.0. The van der Waals surface area contributed by atoms with Crippen molar-refractivity contribution in [3.8, 4) is 0 Å². The second kappa shape index (κ2) is 10.7. The van der Waals surface area contributed by atoms with Gasteiger partial charge in [-0.15, -0.1) is 0 Å². The van der Waals surface area contributed by atoms with E-state index in [-0.39, 0.29) is 15.8 Å². The summed E-state index contributed by atoms with van der Waals surface area (Å²) >= 11 is 3.30. The van der Waals surface area contributed by atoms with E-state index in [1.54, 1.807) is 17.4 Å². The smallest absolute Gasteiger partial charge is 0.253 e. The summed E-state index contributed by atoms with van der Waals surface area (Å²) in [6.45, 7) is 1.29. The van der Waals surface area contributed by atoms with Crippen LogP contribution in [-0.2, 0) is 11.1 Å². The Bertz CT molecular complexity index is 514. The molecule has 1 atom stereocenters. The third kappa shape index (κ3) is 7.30. The minimum atomic E-state index is -2.45. The molecule has 0 saturated carbocycles. The second-order valence-electron chi connectivity index (χ2n) is 4.63. The number of carbonyl (C=O) groups is 1. The number of hydrogen-bond donors (Lipinski definition) is 2. The van der Waals surface area contributed by atoms with Crippen molar-refractivity contribution < 1.29 is 18.8 Å². The van der Waals surface area contributed by atoms with Crippen LogP contribution < -0.4 is 5.48 Å². The number of hydroxylamine groups is 1. The number of hydrogen-bond acceptors (Lipinski definition) is 6. The third-order valence-corrected chi connectivity index (χ3v) is 3.73. The van der Waals surface area contributed by atoms with E-state index in [0.29, 0.717) is 12.1 Å². The molecule has 22 heavy (non-hydrogen) atoms. The highest BCUT2D eigenvalue weighted by atomic mass is 35.5. The summed E-state index contributed by atoms with van der Waals surface area (Å²) in [5, 5.41) is 7.43. The Hall–Kier alpha value is -1.03. The molecule has 0 fully saturated rings. The summed E-state index contributed by atoms with van der Waals surface area (Å²) in [4.78, 5) is 15.5. The van der Waals surface area contributed by atoms with E-state index in [1.807, 2.05) is 19.0 Å². The number of rotatable bonds is 5. The molecule has 0 radical (unpaired) electrons. The lowest BCUT2D eigenvalue weighted by Crippen LogP contribution is -2.33. The summed E-state index contributed by atoms with van der Waals surface area (Å²) in [5.74, 6) is -0.231. The molecule has 1 aromatic rings. The number of benzene rings is 1. The van der Waals surface area contributed by atoms with Gasteiger partial charge in [0.1, 0.15) is 0 Å². The fourth-order valence-corrected chi connectivity index (χ4v) is 2.19. The standard InChI is InChI=1S/C12H17ClN2O3S.CH5NO/c1-14(2)6-7-15(3)12(16)9-4-5-10(13)11(8-9)19(17)18;1-2-3/h4-5,8H,6-7H2,1-3H3,(H,17,18);2-3H,1H3/p-1. The highest BCUT2D eigenvalue weighted by Gasteiger charge is 2.13. The van der Waals surface area contributed by atoms with Gasteiger partial charge in [-0.2, -0.15) is 0 Å². The number of likely N-dealkylation sites (N-methyl/N-ethyl adjacent to an activating group) is 2. The van der Waals surface area contributed by atoms with Crippen LogP contribution in [0.1, 0.15) is 10.4 Å². The average Bonchev–Trinajstić information content (AvgIpc) is 2.45. The highest BCUT2D eigenvalue weighted by molar-refractivity contribution is 7.79. The molecule has 1 aromatic carbocycles. The van der Waals surface area contributed by atoms with Gasteiger partial charge in [0.25, 0.3) is 5.91 Å². The molecule has 2 N–H and O–H groups in total. The molecule has 0 spiro atoms. The largest absolute Gasteiger partial charge is 0.768 e. The number of amides is 1. The zero-order chi connectivity index (χ0) is 17.3. The van der Waals surface area contributed by atoms with Crippen molar-refractivity contribution >= 4 is 28.6 Å². The molecule has 126 valence electrons. The summed E-state index contributed by atoms with van der Waals surface area (Å²) in [5.41, 5.74) is 2.06. The van der Waals surface area contributed by atoms with E-state index in [1.165, 1.54) is 25.2 Å². The molecule has 1 rings (SSSR count). The van der Waals surface area contributed by atoms with Gasteiger partial charge >= 0.3 is 0 Å². The first-order valence-electron chi connectivity index (χ1n) is 6.34. The summed E-state index contributed by atoms with van der Waals surface area (Å²) in [6.07, 6.45) is 0. The lowest BCUT2D eigenvalue weighted by molar-refractivity contribution is 0.0786. The maximum Gasteiger partial charge on any atom is 0.253 e. The molecule has 0 aliphatic rings. The van der Waals surface area contributed by atoms with Gasteiger partial charge in [0, 0.05) is 37.6 Å². The van der Waals surface area contributed by atoms with Crippen molar-refractivity contribution in [3.05, 3.63) is 28.8 Å². The van der Waals surface area contributed by atoms with Crippen molar-refractivity contribution in [1.29, 1.82) is 0 Å². The van der Waals surface area contributed by atoms with Gasteiger partial charge in [-0.1, -0.05) is 11.6 Å². The lowest BCUT2D eigenvalue weighted by atomic mass is 10.2. The molecule has 0 bridgehead atoms. The van der Waals surface area contributed by atoms with E-state index in [9.17, 15) is 13.6 Å². The Morgan fingerprint density at radius 1 is 1.36 bits per heavy atom. The van der Waals surface area contributed by atoms with E-state index in [2.05, 4.69) is 0 Å². The van der Waals surface area contributed by atoms with Crippen LogP contribution in [0.5, 0.6) is 0 Å². The fraction of sp³-hybridized carbons (Fsp3) is 0.462. The number of carbonyl (C=O) groups excluding carboxylic acids is 1. The molecule has 1 unspecified atom stereocenters. The zero-order valence-corrected chi connectivity index (χ0v) is 14.6. The first-order valence-corrected chi connectivity index (χ1v) is 7.79. The first-order chi connectivity index (χ1) is 10.2. The quantitative estimate of drug-likeness (QED) is 0.602. The average molecular weight is 351 g/mol. The van der Waals surface area contributed by atoms with Gasteiger partial charge in [0.05, 0.1) is 5.02 Å². The maximum absolute atomic E-state index is 12.1. The lowest BCUT2D eigenvalue weighted by Gasteiger charge is -2.20. The SMILES string of the molecule is CN(C)CCN(C)C(=O)c1ccc(Cl)c(S(=O)[O-])c1.CNO. The Labute approximate surface area is 138 Å². The van der Waals surface area contributed by atoms with Crippen molar-refractivity contribution in [2.75, 3.05) is 41.3 Å².